The third-order valence-corrected chi connectivity index (χ3v) is 4.99. The van der Waals surface area contributed by atoms with Gasteiger partial charge in [0.15, 0.2) is 5.78 Å². The highest BCUT2D eigenvalue weighted by molar-refractivity contribution is 5.97. The number of pyridine rings is 1. The number of piperidine rings is 1. The predicted molar refractivity (Wildman–Crippen MR) is 91.4 cm³/mol. The molecule has 6 heteroatoms. The van der Waals surface area contributed by atoms with Crippen molar-refractivity contribution in [2.45, 2.75) is 38.0 Å². The second-order valence-electron chi connectivity index (χ2n) is 6.70. The summed E-state index contributed by atoms with van der Waals surface area (Å²) in [6, 6.07) is 3.57. The Morgan fingerprint density at radius 1 is 1.20 bits per heavy atom. The van der Waals surface area contributed by atoms with Crippen molar-refractivity contribution in [3.05, 3.63) is 53.4 Å². The molecule has 1 aliphatic carbocycles. The lowest BCUT2D eigenvalue weighted by molar-refractivity contribution is 0.0704. The van der Waals surface area contributed by atoms with Crippen LogP contribution in [0.25, 0.3) is 0 Å². The first-order valence-corrected chi connectivity index (χ1v) is 8.80. The molecule has 3 heterocycles. The third kappa shape index (κ3) is 3.16. The van der Waals surface area contributed by atoms with E-state index in [1.54, 1.807) is 30.7 Å². The summed E-state index contributed by atoms with van der Waals surface area (Å²) in [5.41, 5.74) is 2.16. The van der Waals surface area contributed by atoms with Crippen LogP contribution in [0.3, 0.4) is 0 Å². The predicted octanol–water partition coefficient (Wildman–Crippen LogP) is 2.41. The van der Waals surface area contributed by atoms with Gasteiger partial charge in [-0.2, -0.15) is 0 Å². The average molecular weight is 336 g/mol. The molecule has 0 spiro atoms. The Morgan fingerprint density at radius 2 is 2.12 bits per heavy atom. The van der Waals surface area contributed by atoms with E-state index in [4.69, 9.17) is 0 Å². The van der Waals surface area contributed by atoms with Crippen molar-refractivity contribution in [3.63, 3.8) is 0 Å². The molecule has 1 aliphatic heterocycles. The standard InChI is InChI=1S/C19H20N4O2/c24-17-7-1-6-16-15(17)11-21-18(22-16)14-5-3-9-23(12-14)19(25)13-4-2-8-20-10-13/h2,4,8,10-11,14H,1,3,5-7,9,12H2. The van der Waals surface area contributed by atoms with Gasteiger partial charge in [0.25, 0.3) is 5.91 Å². The number of aryl methyl sites for hydroxylation is 1. The van der Waals surface area contributed by atoms with E-state index in [0.29, 0.717) is 24.1 Å². The minimum absolute atomic E-state index is 0.00550. The molecule has 1 unspecified atom stereocenters. The lowest BCUT2D eigenvalue weighted by Crippen LogP contribution is -2.39. The number of aromatic nitrogens is 3. The summed E-state index contributed by atoms with van der Waals surface area (Å²) in [5.74, 6) is 1.03. The summed E-state index contributed by atoms with van der Waals surface area (Å²) < 4.78 is 0. The normalized spacial score (nSPS) is 20.2. The van der Waals surface area contributed by atoms with E-state index >= 15 is 0 Å². The molecule has 2 aromatic heterocycles. The fourth-order valence-corrected chi connectivity index (χ4v) is 3.65. The number of ketones is 1. The molecule has 0 saturated carbocycles. The number of likely N-dealkylation sites (tertiary alicyclic amines) is 1. The van der Waals surface area contributed by atoms with Gasteiger partial charge in [-0.1, -0.05) is 0 Å². The van der Waals surface area contributed by atoms with E-state index in [9.17, 15) is 9.59 Å². The first kappa shape index (κ1) is 15.9. The number of rotatable bonds is 2. The Balaban J connectivity index is 1.53. The number of Topliss-reactive ketones (excluding diaryl/α,β-unsaturated/α-hetero) is 1. The van der Waals surface area contributed by atoms with Crippen LogP contribution >= 0.6 is 0 Å². The molecule has 1 fully saturated rings. The molecule has 0 radical (unpaired) electrons. The number of amides is 1. The van der Waals surface area contributed by atoms with Gasteiger partial charge < -0.3 is 4.90 Å². The van der Waals surface area contributed by atoms with Gasteiger partial charge in [-0.05, 0) is 37.8 Å². The number of hydrogen-bond acceptors (Lipinski definition) is 5. The summed E-state index contributed by atoms with van der Waals surface area (Å²) in [4.78, 5) is 39.6. The van der Waals surface area contributed by atoms with E-state index in [2.05, 4.69) is 15.0 Å². The van der Waals surface area contributed by atoms with Gasteiger partial charge in [0, 0.05) is 44.0 Å². The SMILES string of the molecule is O=C1CCCc2nc(C3CCCN(C(=O)c4cccnc4)C3)ncc21. The largest absolute Gasteiger partial charge is 0.338 e. The highest BCUT2D eigenvalue weighted by Gasteiger charge is 2.28. The maximum absolute atomic E-state index is 12.7. The smallest absolute Gasteiger partial charge is 0.255 e. The second kappa shape index (κ2) is 6.70. The molecule has 0 bridgehead atoms. The number of carbonyl (C=O) groups is 2. The lowest BCUT2D eigenvalue weighted by atomic mass is 9.93. The molecular weight excluding hydrogens is 316 g/mol. The molecule has 4 rings (SSSR count). The molecule has 0 N–H and O–H groups in total. The van der Waals surface area contributed by atoms with Gasteiger partial charge >= 0.3 is 0 Å². The summed E-state index contributed by atoms with van der Waals surface area (Å²) >= 11 is 0. The molecule has 0 aromatic carbocycles. The van der Waals surface area contributed by atoms with Crippen LogP contribution < -0.4 is 0 Å². The van der Waals surface area contributed by atoms with Crippen LogP contribution in [0.4, 0.5) is 0 Å². The number of hydrogen-bond donors (Lipinski definition) is 0. The molecule has 6 nitrogen and oxygen atoms in total. The minimum Gasteiger partial charge on any atom is -0.338 e. The Morgan fingerprint density at radius 3 is 2.96 bits per heavy atom. The molecule has 25 heavy (non-hydrogen) atoms. The molecular formula is C19H20N4O2. The van der Waals surface area contributed by atoms with Crippen molar-refractivity contribution in [1.82, 2.24) is 19.9 Å². The highest BCUT2D eigenvalue weighted by Crippen LogP contribution is 2.27. The molecule has 128 valence electrons. The average Bonchev–Trinajstić information content (AvgIpc) is 2.68. The van der Waals surface area contributed by atoms with E-state index in [0.717, 1.165) is 43.7 Å². The maximum Gasteiger partial charge on any atom is 0.255 e. The fraction of sp³-hybridized carbons (Fsp3) is 0.421. The Bertz CT molecular complexity index is 806. The molecule has 1 amide bonds. The monoisotopic (exact) mass is 336 g/mol. The van der Waals surface area contributed by atoms with Gasteiger partial charge in [-0.25, -0.2) is 9.97 Å². The summed E-state index contributed by atoms with van der Waals surface area (Å²) in [5, 5.41) is 0. The number of fused-ring (bicyclic) bond motifs is 1. The van der Waals surface area contributed by atoms with Crippen molar-refractivity contribution in [2.24, 2.45) is 0 Å². The van der Waals surface area contributed by atoms with E-state index in [1.807, 2.05) is 4.90 Å². The molecule has 2 aromatic rings. The third-order valence-electron chi connectivity index (χ3n) is 4.99. The summed E-state index contributed by atoms with van der Waals surface area (Å²) in [6.07, 6.45) is 9.12. The molecule has 2 aliphatic rings. The van der Waals surface area contributed by atoms with Crippen LogP contribution in [0.5, 0.6) is 0 Å². The van der Waals surface area contributed by atoms with Crippen LogP contribution in [0.2, 0.25) is 0 Å². The molecule has 1 atom stereocenters. The highest BCUT2D eigenvalue weighted by atomic mass is 16.2. The number of carbonyl (C=O) groups excluding carboxylic acids is 2. The van der Waals surface area contributed by atoms with E-state index in [1.165, 1.54) is 0 Å². The number of nitrogens with zero attached hydrogens (tertiary/aromatic N) is 4. The zero-order valence-electron chi connectivity index (χ0n) is 14.0. The van der Waals surface area contributed by atoms with Gasteiger partial charge in [-0.3, -0.25) is 14.6 Å². The Labute approximate surface area is 146 Å². The van der Waals surface area contributed by atoms with Crippen molar-refractivity contribution in [3.8, 4) is 0 Å². The van der Waals surface area contributed by atoms with Crippen molar-refractivity contribution < 1.29 is 9.59 Å². The van der Waals surface area contributed by atoms with E-state index < -0.39 is 0 Å². The Hall–Kier alpha value is -2.63. The van der Waals surface area contributed by atoms with Crippen LogP contribution in [-0.2, 0) is 6.42 Å². The van der Waals surface area contributed by atoms with Crippen LogP contribution in [0, 0.1) is 0 Å². The van der Waals surface area contributed by atoms with Gasteiger partial charge in [-0.15, -0.1) is 0 Å². The summed E-state index contributed by atoms with van der Waals surface area (Å²) in [6.45, 7) is 1.36. The quantitative estimate of drug-likeness (QED) is 0.842. The second-order valence-corrected chi connectivity index (χ2v) is 6.70. The topological polar surface area (TPSA) is 76.1 Å². The Kier molecular flexibility index (Phi) is 4.26. The lowest BCUT2D eigenvalue weighted by Gasteiger charge is -2.32. The van der Waals surface area contributed by atoms with Crippen molar-refractivity contribution in [2.75, 3.05) is 13.1 Å². The van der Waals surface area contributed by atoms with Gasteiger partial charge in [0.2, 0.25) is 0 Å². The zero-order chi connectivity index (χ0) is 17.2. The van der Waals surface area contributed by atoms with Crippen LogP contribution in [0.15, 0.2) is 30.7 Å². The first-order chi connectivity index (χ1) is 12.2. The van der Waals surface area contributed by atoms with Crippen molar-refractivity contribution >= 4 is 11.7 Å². The van der Waals surface area contributed by atoms with Crippen LogP contribution in [0.1, 0.15) is 63.8 Å². The fourth-order valence-electron chi connectivity index (χ4n) is 3.65. The zero-order valence-corrected chi connectivity index (χ0v) is 14.0. The van der Waals surface area contributed by atoms with Crippen LogP contribution in [-0.4, -0.2) is 44.6 Å². The molecule has 1 saturated heterocycles. The maximum atomic E-state index is 12.7. The van der Waals surface area contributed by atoms with E-state index in [-0.39, 0.29) is 17.6 Å². The van der Waals surface area contributed by atoms with Crippen molar-refractivity contribution in [1.29, 1.82) is 0 Å². The first-order valence-electron chi connectivity index (χ1n) is 8.80. The van der Waals surface area contributed by atoms with Gasteiger partial charge in [0.1, 0.15) is 5.82 Å². The van der Waals surface area contributed by atoms with Gasteiger partial charge in [0.05, 0.1) is 16.8 Å². The minimum atomic E-state index is 0.00550. The summed E-state index contributed by atoms with van der Waals surface area (Å²) in [7, 11) is 0.